The van der Waals surface area contributed by atoms with E-state index in [-0.39, 0.29) is 24.7 Å². The predicted octanol–water partition coefficient (Wildman–Crippen LogP) is 0.0469. The molecule has 0 bridgehead atoms. The number of carbonyl (C=O) groups is 1. The predicted molar refractivity (Wildman–Crippen MR) is 70.3 cm³/mol. The Kier molecular flexibility index (Phi) is 4.97. The van der Waals surface area contributed by atoms with Crippen molar-refractivity contribution in [3.63, 3.8) is 0 Å². The fraction of sp³-hybridized carbons (Fsp3) is 0.923. The van der Waals surface area contributed by atoms with Crippen molar-refractivity contribution in [3.05, 3.63) is 0 Å². The van der Waals surface area contributed by atoms with Gasteiger partial charge in [0.1, 0.15) is 6.61 Å². The zero-order chi connectivity index (χ0) is 13.0. The van der Waals surface area contributed by atoms with Crippen molar-refractivity contribution in [2.24, 2.45) is 5.73 Å². The van der Waals surface area contributed by atoms with E-state index in [4.69, 9.17) is 10.5 Å². The summed E-state index contributed by atoms with van der Waals surface area (Å²) in [4.78, 5) is 16.1. The molecule has 5 heteroatoms. The summed E-state index contributed by atoms with van der Waals surface area (Å²) in [6.07, 6.45) is 4.45. The van der Waals surface area contributed by atoms with E-state index in [2.05, 4.69) is 11.9 Å². The van der Waals surface area contributed by atoms with E-state index in [9.17, 15) is 4.79 Å². The van der Waals surface area contributed by atoms with Crippen LogP contribution in [0.2, 0.25) is 0 Å². The highest BCUT2D eigenvalue weighted by atomic mass is 16.5. The van der Waals surface area contributed by atoms with E-state index in [0.29, 0.717) is 0 Å². The maximum Gasteiger partial charge on any atom is 0.248 e. The van der Waals surface area contributed by atoms with Crippen LogP contribution in [0, 0.1) is 0 Å². The molecule has 0 spiro atoms. The minimum Gasteiger partial charge on any atom is -0.367 e. The summed E-state index contributed by atoms with van der Waals surface area (Å²) in [6.45, 7) is 3.73. The van der Waals surface area contributed by atoms with Gasteiger partial charge in [-0.3, -0.25) is 4.79 Å². The first-order chi connectivity index (χ1) is 8.66. The number of carbonyl (C=O) groups excluding carboxylic acids is 1. The van der Waals surface area contributed by atoms with Crippen LogP contribution in [0.4, 0.5) is 0 Å². The zero-order valence-corrected chi connectivity index (χ0v) is 11.3. The van der Waals surface area contributed by atoms with Gasteiger partial charge in [0.15, 0.2) is 0 Å². The summed E-state index contributed by atoms with van der Waals surface area (Å²) in [7, 11) is 2.08. The number of ether oxygens (including phenoxy) is 1. The lowest BCUT2D eigenvalue weighted by atomic mass is 9.93. The van der Waals surface area contributed by atoms with Crippen molar-refractivity contribution in [2.45, 2.75) is 37.8 Å². The van der Waals surface area contributed by atoms with Crippen LogP contribution in [0.3, 0.4) is 0 Å². The van der Waals surface area contributed by atoms with Gasteiger partial charge in [-0.2, -0.15) is 0 Å². The van der Waals surface area contributed by atoms with E-state index >= 15 is 0 Å². The second-order valence-electron chi connectivity index (χ2n) is 5.48. The summed E-state index contributed by atoms with van der Waals surface area (Å²) in [5.41, 5.74) is 6.01. The van der Waals surface area contributed by atoms with Crippen LogP contribution in [0.5, 0.6) is 0 Å². The molecule has 104 valence electrons. The molecule has 5 nitrogen and oxygen atoms in total. The van der Waals surface area contributed by atoms with Gasteiger partial charge in [-0.05, 0) is 19.9 Å². The van der Waals surface area contributed by atoms with Crippen molar-refractivity contribution in [3.8, 4) is 0 Å². The topological polar surface area (TPSA) is 58.8 Å². The smallest absolute Gasteiger partial charge is 0.248 e. The Bertz CT molecular complexity index is 277. The first-order valence-electron chi connectivity index (χ1n) is 7.00. The fourth-order valence-electron chi connectivity index (χ4n) is 2.66. The number of piperazine rings is 1. The minimum absolute atomic E-state index is 0.0789. The van der Waals surface area contributed by atoms with Crippen molar-refractivity contribution >= 4 is 5.91 Å². The van der Waals surface area contributed by atoms with E-state index < -0.39 is 0 Å². The molecule has 1 saturated carbocycles. The molecule has 0 aromatic rings. The lowest BCUT2D eigenvalue weighted by Crippen LogP contribution is -2.49. The molecule has 2 N–H and O–H groups in total. The Morgan fingerprint density at radius 1 is 1.22 bits per heavy atom. The summed E-state index contributed by atoms with van der Waals surface area (Å²) < 4.78 is 5.71. The van der Waals surface area contributed by atoms with Crippen LogP contribution in [-0.4, -0.2) is 67.7 Å². The molecule has 1 heterocycles. The summed E-state index contributed by atoms with van der Waals surface area (Å²) >= 11 is 0. The van der Waals surface area contributed by atoms with E-state index in [1.54, 1.807) is 0 Å². The molecule has 1 saturated heterocycles. The highest BCUT2D eigenvalue weighted by Crippen LogP contribution is 2.19. The number of hydrogen-bond acceptors (Lipinski definition) is 4. The number of nitrogens with two attached hydrogens (primary N) is 1. The van der Waals surface area contributed by atoms with Gasteiger partial charge in [0.2, 0.25) is 5.91 Å². The van der Waals surface area contributed by atoms with Gasteiger partial charge < -0.3 is 20.3 Å². The molecule has 0 aromatic heterocycles. The number of nitrogens with zero attached hydrogens (tertiary/aromatic N) is 2. The van der Waals surface area contributed by atoms with Crippen LogP contribution in [0.25, 0.3) is 0 Å². The number of likely N-dealkylation sites (N-methyl/N-ethyl adjacent to an activating group) is 1. The van der Waals surface area contributed by atoms with E-state index in [1.165, 1.54) is 12.8 Å². The number of amides is 1. The second kappa shape index (κ2) is 6.50. The Morgan fingerprint density at radius 3 is 2.56 bits per heavy atom. The van der Waals surface area contributed by atoms with Gasteiger partial charge >= 0.3 is 0 Å². The molecule has 0 radical (unpaired) electrons. The van der Waals surface area contributed by atoms with Gasteiger partial charge in [0.25, 0.3) is 0 Å². The first-order valence-corrected chi connectivity index (χ1v) is 7.00. The minimum atomic E-state index is 0.0789. The quantitative estimate of drug-likeness (QED) is 0.774. The highest BCUT2D eigenvalue weighted by Gasteiger charge is 2.25. The molecule has 2 unspecified atom stereocenters. The van der Waals surface area contributed by atoms with Crippen molar-refractivity contribution in [2.75, 3.05) is 39.8 Å². The van der Waals surface area contributed by atoms with Crippen LogP contribution in [-0.2, 0) is 9.53 Å². The van der Waals surface area contributed by atoms with E-state index in [1.807, 2.05) is 4.90 Å². The molecule has 1 amide bonds. The molecule has 1 aliphatic heterocycles. The average molecular weight is 255 g/mol. The largest absolute Gasteiger partial charge is 0.367 e. The highest BCUT2D eigenvalue weighted by molar-refractivity contribution is 5.77. The van der Waals surface area contributed by atoms with Crippen LogP contribution >= 0.6 is 0 Å². The zero-order valence-electron chi connectivity index (χ0n) is 11.3. The van der Waals surface area contributed by atoms with Crippen LogP contribution in [0.15, 0.2) is 0 Å². The number of rotatable bonds is 3. The van der Waals surface area contributed by atoms with Crippen LogP contribution in [0.1, 0.15) is 25.7 Å². The van der Waals surface area contributed by atoms with Gasteiger partial charge in [-0.15, -0.1) is 0 Å². The molecule has 0 aromatic carbocycles. The first kappa shape index (κ1) is 13.8. The Hall–Kier alpha value is -0.650. The van der Waals surface area contributed by atoms with Gasteiger partial charge in [-0.25, -0.2) is 0 Å². The summed E-state index contributed by atoms with van der Waals surface area (Å²) in [6, 6.07) is 0.110. The molecule has 2 fully saturated rings. The SMILES string of the molecule is CN1CCN(C(=O)COC2CCCCC2N)CC1. The normalized spacial score (nSPS) is 30.4. The van der Waals surface area contributed by atoms with E-state index in [0.717, 1.165) is 39.0 Å². The summed E-state index contributed by atoms with van der Waals surface area (Å²) in [5.74, 6) is 0.112. The Balaban J connectivity index is 1.70. The average Bonchev–Trinajstić information content (AvgIpc) is 2.38. The maximum absolute atomic E-state index is 12.0. The van der Waals surface area contributed by atoms with Crippen molar-refractivity contribution in [1.82, 2.24) is 9.80 Å². The lowest BCUT2D eigenvalue weighted by Gasteiger charge is -2.33. The van der Waals surface area contributed by atoms with Gasteiger partial charge in [0.05, 0.1) is 6.10 Å². The third kappa shape index (κ3) is 3.67. The second-order valence-corrected chi connectivity index (χ2v) is 5.48. The lowest BCUT2D eigenvalue weighted by molar-refractivity contribution is -0.140. The van der Waals surface area contributed by atoms with Crippen molar-refractivity contribution < 1.29 is 9.53 Å². The standard InChI is InChI=1S/C13H25N3O2/c1-15-6-8-16(9-7-15)13(17)10-18-12-5-3-2-4-11(12)14/h11-12H,2-10,14H2,1H3. The fourth-order valence-corrected chi connectivity index (χ4v) is 2.66. The molecule has 2 rings (SSSR count). The Morgan fingerprint density at radius 2 is 1.89 bits per heavy atom. The molecule has 1 aliphatic carbocycles. The molecule has 2 atom stereocenters. The molecular formula is C13H25N3O2. The third-order valence-corrected chi connectivity index (χ3v) is 4.03. The third-order valence-electron chi connectivity index (χ3n) is 4.03. The van der Waals surface area contributed by atoms with Crippen LogP contribution < -0.4 is 5.73 Å². The van der Waals surface area contributed by atoms with Crippen molar-refractivity contribution in [1.29, 1.82) is 0 Å². The molecule has 2 aliphatic rings. The molecule has 18 heavy (non-hydrogen) atoms. The monoisotopic (exact) mass is 255 g/mol. The molecular weight excluding hydrogens is 230 g/mol. The maximum atomic E-state index is 12.0. The summed E-state index contributed by atoms with van der Waals surface area (Å²) in [5, 5.41) is 0. The Labute approximate surface area is 109 Å². The van der Waals surface area contributed by atoms with Gasteiger partial charge in [-0.1, -0.05) is 12.8 Å². The number of hydrogen-bond donors (Lipinski definition) is 1. The van der Waals surface area contributed by atoms with Gasteiger partial charge in [0, 0.05) is 32.2 Å².